The quantitative estimate of drug-likeness (QED) is 0.859. The molecule has 0 saturated carbocycles. The molecule has 0 aliphatic heterocycles. The molecule has 0 aromatic heterocycles. The number of nitrogens with one attached hydrogen (secondary N) is 2. The van der Waals surface area contributed by atoms with E-state index < -0.39 is 5.60 Å². The van der Waals surface area contributed by atoms with Crippen molar-refractivity contribution in [3.8, 4) is 0 Å². The second-order valence-electron chi connectivity index (χ2n) is 5.47. The molecule has 1 rings (SSSR count). The van der Waals surface area contributed by atoms with Crippen LogP contribution in [0.1, 0.15) is 38.8 Å². The lowest BCUT2D eigenvalue weighted by Gasteiger charge is -2.21. The van der Waals surface area contributed by atoms with Crippen LogP contribution in [0.15, 0.2) is 30.3 Å². The predicted octanol–water partition coefficient (Wildman–Crippen LogP) is 2.86. The Bertz CT molecular complexity index is 385. The van der Waals surface area contributed by atoms with Gasteiger partial charge in [0.05, 0.1) is 0 Å². The summed E-state index contributed by atoms with van der Waals surface area (Å²) in [5.74, 6) is 0. The SMILES string of the molecule is CNC(CCNC(=O)OC(C)(C)C)c1ccccc1. The van der Waals surface area contributed by atoms with E-state index in [2.05, 4.69) is 22.8 Å². The fourth-order valence-corrected chi connectivity index (χ4v) is 1.80. The molecule has 1 unspecified atom stereocenters. The van der Waals surface area contributed by atoms with Crippen LogP contribution in [-0.4, -0.2) is 25.3 Å². The maximum atomic E-state index is 11.5. The second-order valence-corrected chi connectivity index (χ2v) is 5.47. The summed E-state index contributed by atoms with van der Waals surface area (Å²) in [6.45, 7) is 6.14. The smallest absolute Gasteiger partial charge is 0.407 e. The Labute approximate surface area is 115 Å². The van der Waals surface area contributed by atoms with Crippen LogP contribution in [0.3, 0.4) is 0 Å². The van der Waals surface area contributed by atoms with Gasteiger partial charge < -0.3 is 15.4 Å². The van der Waals surface area contributed by atoms with Crippen molar-refractivity contribution in [3.63, 3.8) is 0 Å². The molecule has 1 aromatic carbocycles. The van der Waals surface area contributed by atoms with Crippen LogP contribution in [0.25, 0.3) is 0 Å². The number of ether oxygens (including phenoxy) is 1. The summed E-state index contributed by atoms with van der Waals surface area (Å²) in [4.78, 5) is 11.5. The van der Waals surface area contributed by atoms with Crippen LogP contribution in [0, 0.1) is 0 Å². The lowest BCUT2D eigenvalue weighted by molar-refractivity contribution is 0.0526. The molecule has 4 nitrogen and oxygen atoms in total. The molecule has 0 bridgehead atoms. The van der Waals surface area contributed by atoms with Crippen LogP contribution < -0.4 is 10.6 Å². The summed E-state index contributed by atoms with van der Waals surface area (Å²) in [7, 11) is 1.92. The van der Waals surface area contributed by atoms with E-state index in [0.29, 0.717) is 6.54 Å². The number of hydrogen-bond acceptors (Lipinski definition) is 3. The first-order chi connectivity index (χ1) is 8.92. The monoisotopic (exact) mass is 264 g/mol. The molecule has 0 fully saturated rings. The van der Waals surface area contributed by atoms with Crippen LogP contribution in [0.5, 0.6) is 0 Å². The number of amides is 1. The van der Waals surface area contributed by atoms with Gasteiger partial charge in [0, 0.05) is 12.6 Å². The Morgan fingerprint density at radius 3 is 2.42 bits per heavy atom. The molecule has 0 radical (unpaired) electrons. The van der Waals surface area contributed by atoms with E-state index in [1.54, 1.807) is 0 Å². The van der Waals surface area contributed by atoms with E-state index in [-0.39, 0.29) is 12.1 Å². The van der Waals surface area contributed by atoms with Crippen molar-refractivity contribution in [3.05, 3.63) is 35.9 Å². The van der Waals surface area contributed by atoms with Gasteiger partial charge in [0.1, 0.15) is 5.60 Å². The molecular formula is C15H24N2O2. The molecule has 106 valence electrons. The highest BCUT2D eigenvalue weighted by Crippen LogP contribution is 2.15. The molecule has 2 N–H and O–H groups in total. The molecule has 0 aliphatic rings. The van der Waals surface area contributed by atoms with E-state index in [4.69, 9.17) is 4.74 Å². The molecule has 19 heavy (non-hydrogen) atoms. The Morgan fingerprint density at radius 2 is 1.89 bits per heavy atom. The molecule has 0 heterocycles. The minimum absolute atomic E-state index is 0.233. The lowest BCUT2D eigenvalue weighted by atomic mass is 10.0. The van der Waals surface area contributed by atoms with Gasteiger partial charge in [-0.1, -0.05) is 30.3 Å². The highest BCUT2D eigenvalue weighted by molar-refractivity contribution is 5.67. The maximum Gasteiger partial charge on any atom is 0.407 e. The van der Waals surface area contributed by atoms with Gasteiger partial charge in [-0.15, -0.1) is 0 Å². The van der Waals surface area contributed by atoms with Crippen LogP contribution in [0.4, 0.5) is 4.79 Å². The zero-order valence-corrected chi connectivity index (χ0v) is 12.2. The third kappa shape index (κ3) is 6.25. The van der Waals surface area contributed by atoms with Gasteiger partial charge in [-0.25, -0.2) is 4.79 Å². The predicted molar refractivity (Wildman–Crippen MR) is 77.1 cm³/mol. The summed E-state index contributed by atoms with van der Waals surface area (Å²) < 4.78 is 5.19. The number of benzene rings is 1. The average Bonchev–Trinajstić information content (AvgIpc) is 2.33. The summed E-state index contributed by atoms with van der Waals surface area (Å²) in [6.07, 6.45) is 0.454. The molecule has 4 heteroatoms. The fraction of sp³-hybridized carbons (Fsp3) is 0.533. The van der Waals surface area contributed by atoms with Crippen molar-refractivity contribution >= 4 is 6.09 Å². The molecule has 0 spiro atoms. The largest absolute Gasteiger partial charge is 0.444 e. The topological polar surface area (TPSA) is 50.4 Å². The van der Waals surface area contributed by atoms with Gasteiger partial charge in [-0.2, -0.15) is 0 Å². The van der Waals surface area contributed by atoms with Gasteiger partial charge in [0.25, 0.3) is 0 Å². The highest BCUT2D eigenvalue weighted by atomic mass is 16.6. The van der Waals surface area contributed by atoms with Gasteiger partial charge in [0.2, 0.25) is 0 Å². The maximum absolute atomic E-state index is 11.5. The first-order valence-electron chi connectivity index (χ1n) is 6.61. The fourth-order valence-electron chi connectivity index (χ4n) is 1.80. The molecular weight excluding hydrogens is 240 g/mol. The van der Waals surface area contributed by atoms with Crippen LogP contribution in [0.2, 0.25) is 0 Å². The molecule has 0 aliphatic carbocycles. The number of hydrogen-bond donors (Lipinski definition) is 2. The van der Waals surface area contributed by atoms with Crippen molar-refractivity contribution in [1.29, 1.82) is 0 Å². The zero-order valence-electron chi connectivity index (χ0n) is 12.2. The van der Waals surface area contributed by atoms with Gasteiger partial charge in [-0.3, -0.25) is 0 Å². The van der Waals surface area contributed by atoms with E-state index in [9.17, 15) is 4.79 Å². The van der Waals surface area contributed by atoms with E-state index in [1.165, 1.54) is 5.56 Å². The number of rotatable bonds is 5. The number of alkyl carbamates (subject to hydrolysis) is 1. The Hall–Kier alpha value is -1.55. The van der Waals surface area contributed by atoms with Crippen molar-refractivity contribution in [2.24, 2.45) is 0 Å². The first-order valence-corrected chi connectivity index (χ1v) is 6.61. The molecule has 0 saturated heterocycles. The summed E-state index contributed by atoms with van der Waals surface area (Å²) in [5, 5.41) is 6.02. The lowest BCUT2D eigenvalue weighted by Crippen LogP contribution is -2.34. The summed E-state index contributed by atoms with van der Waals surface area (Å²) in [5.41, 5.74) is 0.766. The zero-order chi connectivity index (χ0) is 14.3. The van der Waals surface area contributed by atoms with Crippen molar-refractivity contribution in [2.45, 2.75) is 38.8 Å². The normalized spacial score (nSPS) is 12.8. The van der Waals surface area contributed by atoms with E-state index in [0.717, 1.165) is 6.42 Å². The third-order valence-electron chi connectivity index (χ3n) is 2.65. The van der Waals surface area contributed by atoms with Crippen molar-refractivity contribution in [1.82, 2.24) is 10.6 Å². The summed E-state index contributed by atoms with van der Waals surface area (Å²) in [6, 6.07) is 10.4. The average molecular weight is 264 g/mol. The van der Waals surface area contributed by atoms with Crippen molar-refractivity contribution < 1.29 is 9.53 Å². The van der Waals surface area contributed by atoms with E-state index in [1.807, 2.05) is 46.0 Å². The van der Waals surface area contributed by atoms with Gasteiger partial charge >= 0.3 is 6.09 Å². The standard InChI is InChI=1S/C15H24N2O2/c1-15(2,3)19-14(18)17-11-10-13(16-4)12-8-6-5-7-9-12/h5-9,13,16H,10-11H2,1-4H3,(H,17,18). The summed E-state index contributed by atoms with van der Waals surface area (Å²) >= 11 is 0. The second kappa shape index (κ2) is 7.14. The number of carbonyl (C=O) groups is 1. The number of carbonyl (C=O) groups excluding carboxylic acids is 1. The molecule has 1 amide bonds. The van der Waals surface area contributed by atoms with Crippen LogP contribution in [-0.2, 0) is 4.74 Å². The highest BCUT2D eigenvalue weighted by Gasteiger charge is 2.16. The molecule has 1 aromatic rings. The first kappa shape index (κ1) is 15.5. The Balaban J connectivity index is 2.37. The van der Waals surface area contributed by atoms with Crippen LogP contribution >= 0.6 is 0 Å². The van der Waals surface area contributed by atoms with Gasteiger partial charge in [0.15, 0.2) is 0 Å². The third-order valence-corrected chi connectivity index (χ3v) is 2.65. The van der Waals surface area contributed by atoms with Gasteiger partial charge in [-0.05, 0) is 39.8 Å². The molecule has 1 atom stereocenters. The minimum atomic E-state index is -0.452. The van der Waals surface area contributed by atoms with E-state index >= 15 is 0 Å². The Morgan fingerprint density at radius 1 is 1.26 bits per heavy atom. The minimum Gasteiger partial charge on any atom is -0.444 e. The van der Waals surface area contributed by atoms with Crippen molar-refractivity contribution in [2.75, 3.05) is 13.6 Å². The Kier molecular flexibility index (Phi) is 5.83.